The highest BCUT2D eigenvalue weighted by Crippen LogP contribution is 2.24. The topological polar surface area (TPSA) is 54.2 Å². The van der Waals surface area contributed by atoms with Crippen LogP contribution in [0.1, 0.15) is 32.3 Å². The quantitative estimate of drug-likeness (QED) is 0.592. The summed E-state index contributed by atoms with van der Waals surface area (Å²) in [5, 5.41) is 6.70. The number of pyridine rings is 2. The second kappa shape index (κ2) is 11.4. The van der Waals surface area contributed by atoms with Gasteiger partial charge in [-0.3, -0.25) is 4.40 Å². The van der Waals surface area contributed by atoms with Gasteiger partial charge in [-0.15, -0.1) is 0 Å². The highest BCUT2D eigenvalue weighted by atomic mass is 19.3. The number of hydrogen-bond donors (Lipinski definition) is 2. The molecule has 3 aromatic rings. The molecule has 0 radical (unpaired) electrons. The van der Waals surface area contributed by atoms with Crippen LogP contribution in [0.4, 0.5) is 23.4 Å². The van der Waals surface area contributed by atoms with E-state index in [1.165, 1.54) is 12.3 Å². The standard InChI is InChI=1S/C17H17F2N5.C2H6.CH2F2/c18-17(19)11-4-5-16-21-9-14(24(16)10-11)13-2-1-3-15(23-13)22-12-6-7-20-8-12;1-2;2-1-3/h1-5,9-10,12,17,20H,6-8H2,(H,22,23);1-2H3;1H2. The van der Waals surface area contributed by atoms with Crippen LogP contribution in [0.25, 0.3) is 17.0 Å². The van der Waals surface area contributed by atoms with Gasteiger partial charge in [0.2, 0.25) is 6.93 Å². The maximum Gasteiger partial charge on any atom is 0.265 e. The van der Waals surface area contributed by atoms with Gasteiger partial charge in [0.25, 0.3) is 6.43 Å². The van der Waals surface area contributed by atoms with Crippen LogP contribution in [-0.4, -0.2) is 40.4 Å². The van der Waals surface area contributed by atoms with Crippen LogP contribution < -0.4 is 10.6 Å². The third-order valence-corrected chi connectivity index (χ3v) is 4.20. The summed E-state index contributed by atoms with van der Waals surface area (Å²) in [6.07, 6.45) is 1.62. The van der Waals surface area contributed by atoms with Gasteiger partial charge >= 0.3 is 0 Å². The van der Waals surface area contributed by atoms with Gasteiger partial charge in [0.15, 0.2) is 0 Å². The van der Waals surface area contributed by atoms with Crippen LogP contribution in [0.2, 0.25) is 0 Å². The number of hydrogen-bond acceptors (Lipinski definition) is 4. The molecule has 1 fully saturated rings. The number of nitrogens with one attached hydrogen (secondary N) is 2. The normalized spacial score (nSPS) is 15.5. The summed E-state index contributed by atoms with van der Waals surface area (Å²) in [5.74, 6) is 0.779. The summed E-state index contributed by atoms with van der Waals surface area (Å²) >= 11 is 0. The van der Waals surface area contributed by atoms with Gasteiger partial charge in [0.05, 0.1) is 17.6 Å². The van der Waals surface area contributed by atoms with Crippen LogP contribution in [0, 0.1) is 0 Å². The van der Waals surface area contributed by atoms with Crippen molar-refractivity contribution >= 4 is 11.5 Å². The number of anilines is 1. The van der Waals surface area contributed by atoms with Crippen molar-refractivity contribution in [3.05, 3.63) is 48.3 Å². The molecule has 5 nitrogen and oxygen atoms in total. The fourth-order valence-corrected chi connectivity index (χ4v) is 2.96. The molecule has 3 aromatic heterocycles. The second-order valence-electron chi connectivity index (χ2n) is 5.98. The van der Waals surface area contributed by atoms with Crippen LogP contribution in [0.3, 0.4) is 0 Å². The molecule has 2 N–H and O–H groups in total. The highest BCUT2D eigenvalue weighted by Gasteiger charge is 2.16. The number of halogens is 4. The van der Waals surface area contributed by atoms with Crippen molar-refractivity contribution in [2.75, 3.05) is 25.3 Å². The van der Waals surface area contributed by atoms with Gasteiger partial charge in [0, 0.05) is 24.3 Å². The predicted octanol–water partition coefficient (Wildman–Crippen LogP) is 5.02. The highest BCUT2D eigenvalue weighted by molar-refractivity contribution is 5.62. The van der Waals surface area contributed by atoms with Gasteiger partial charge in [0.1, 0.15) is 11.5 Å². The van der Waals surface area contributed by atoms with E-state index in [0.717, 1.165) is 25.3 Å². The number of imidazole rings is 1. The first-order valence-electron chi connectivity index (χ1n) is 9.44. The Bertz CT molecular complexity index is 878. The van der Waals surface area contributed by atoms with Crippen molar-refractivity contribution in [2.24, 2.45) is 0 Å². The number of fused-ring (bicyclic) bond motifs is 1. The lowest BCUT2D eigenvalue weighted by Crippen LogP contribution is -2.22. The molecule has 1 atom stereocenters. The maximum atomic E-state index is 13.0. The Morgan fingerprint density at radius 1 is 1.21 bits per heavy atom. The number of rotatable bonds is 4. The molecule has 0 bridgehead atoms. The van der Waals surface area contributed by atoms with Crippen molar-refractivity contribution in [3.63, 3.8) is 0 Å². The fraction of sp³-hybridized carbons (Fsp3) is 0.400. The molecule has 0 amide bonds. The van der Waals surface area contributed by atoms with Gasteiger partial charge in [-0.1, -0.05) is 19.9 Å². The zero-order valence-electron chi connectivity index (χ0n) is 16.4. The molecule has 4 heterocycles. The lowest BCUT2D eigenvalue weighted by Gasteiger charge is -2.12. The fourth-order valence-electron chi connectivity index (χ4n) is 2.96. The van der Waals surface area contributed by atoms with E-state index < -0.39 is 13.4 Å². The largest absolute Gasteiger partial charge is 0.366 e. The minimum absolute atomic E-state index is 0.0342. The minimum atomic E-state index is -2.51. The molecular formula is C20H25F4N5. The summed E-state index contributed by atoms with van der Waals surface area (Å²) in [7, 11) is 0. The molecule has 0 aromatic carbocycles. The number of aromatic nitrogens is 3. The third kappa shape index (κ3) is 5.90. The van der Waals surface area contributed by atoms with Crippen molar-refractivity contribution < 1.29 is 17.6 Å². The molecular weight excluding hydrogens is 386 g/mol. The minimum Gasteiger partial charge on any atom is -0.366 e. The van der Waals surface area contributed by atoms with Crippen LogP contribution in [0.5, 0.6) is 0 Å². The first kappa shape index (κ1) is 22.6. The van der Waals surface area contributed by atoms with Gasteiger partial charge < -0.3 is 10.6 Å². The maximum absolute atomic E-state index is 13.0. The Hall–Kier alpha value is -2.68. The molecule has 0 saturated carbocycles. The third-order valence-electron chi connectivity index (χ3n) is 4.20. The number of alkyl halides is 4. The molecule has 158 valence electrons. The van der Waals surface area contributed by atoms with E-state index in [1.807, 2.05) is 32.0 Å². The first-order chi connectivity index (χ1) is 14.1. The van der Waals surface area contributed by atoms with Crippen LogP contribution in [0.15, 0.2) is 42.7 Å². The molecule has 29 heavy (non-hydrogen) atoms. The van der Waals surface area contributed by atoms with E-state index in [-0.39, 0.29) is 5.56 Å². The summed E-state index contributed by atoms with van der Waals surface area (Å²) in [4.78, 5) is 8.89. The Morgan fingerprint density at radius 2 is 1.97 bits per heavy atom. The summed E-state index contributed by atoms with van der Waals surface area (Å²) in [6.45, 7) is 4.17. The summed E-state index contributed by atoms with van der Waals surface area (Å²) in [6, 6.07) is 9.03. The lowest BCUT2D eigenvalue weighted by molar-refractivity contribution is 0.151. The average Bonchev–Trinajstić information content (AvgIpc) is 3.39. The van der Waals surface area contributed by atoms with Crippen LogP contribution >= 0.6 is 0 Å². The Kier molecular flexibility index (Phi) is 8.85. The Labute approximate surface area is 167 Å². The Morgan fingerprint density at radius 3 is 2.62 bits per heavy atom. The van der Waals surface area contributed by atoms with Crippen molar-refractivity contribution in [1.29, 1.82) is 0 Å². The van der Waals surface area contributed by atoms with E-state index in [2.05, 4.69) is 20.6 Å². The van der Waals surface area contributed by atoms with E-state index in [1.54, 1.807) is 16.7 Å². The molecule has 4 rings (SSSR count). The molecule has 1 unspecified atom stereocenters. The van der Waals surface area contributed by atoms with Crippen molar-refractivity contribution in [2.45, 2.75) is 32.7 Å². The van der Waals surface area contributed by atoms with Crippen molar-refractivity contribution in [1.82, 2.24) is 19.7 Å². The second-order valence-corrected chi connectivity index (χ2v) is 5.98. The molecule has 1 aliphatic heterocycles. The average molecular weight is 411 g/mol. The van der Waals surface area contributed by atoms with E-state index >= 15 is 0 Å². The predicted molar refractivity (Wildman–Crippen MR) is 107 cm³/mol. The molecule has 9 heteroatoms. The summed E-state index contributed by atoms with van der Waals surface area (Å²) in [5.41, 5.74) is 1.98. The van der Waals surface area contributed by atoms with Crippen molar-refractivity contribution in [3.8, 4) is 11.4 Å². The molecule has 1 aliphatic rings. The van der Waals surface area contributed by atoms with Gasteiger partial charge in [-0.2, -0.15) is 0 Å². The Balaban J connectivity index is 0.000000551. The first-order valence-corrected chi connectivity index (χ1v) is 9.44. The zero-order chi connectivity index (χ0) is 21.2. The molecule has 0 spiro atoms. The van der Waals surface area contributed by atoms with E-state index in [0.29, 0.717) is 23.1 Å². The molecule has 0 aliphatic carbocycles. The van der Waals surface area contributed by atoms with Crippen LogP contribution in [-0.2, 0) is 0 Å². The van der Waals surface area contributed by atoms with E-state index in [4.69, 9.17) is 0 Å². The molecule has 1 saturated heterocycles. The SMILES string of the molecule is CC.FC(F)c1ccc2ncc(-c3cccc(NC4CCNC4)n3)n2c1.FCF. The monoisotopic (exact) mass is 411 g/mol. The smallest absolute Gasteiger partial charge is 0.265 e. The lowest BCUT2D eigenvalue weighted by atomic mass is 10.2. The number of nitrogens with zero attached hydrogens (tertiary/aromatic N) is 3. The van der Waals surface area contributed by atoms with E-state index in [9.17, 15) is 17.6 Å². The zero-order valence-corrected chi connectivity index (χ0v) is 16.4. The van der Waals surface area contributed by atoms with Gasteiger partial charge in [-0.05, 0) is 37.2 Å². The summed E-state index contributed by atoms with van der Waals surface area (Å²) < 4.78 is 46.8. The van der Waals surface area contributed by atoms with Gasteiger partial charge in [-0.25, -0.2) is 27.5 Å².